The molecule has 0 aliphatic heterocycles. The van der Waals surface area contributed by atoms with Gasteiger partial charge in [0.25, 0.3) is 10.0 Å². The Morgan fingerprint density at radius 1 is 1.20 bits per heavy atom. The topological polar surface area (TPSA) is 95.7 Å². The molecule has 0 saturated heterocycles. The maximum Gasteiger partial charge on any atom is 0.263 e. The molecule has 1 aromatic heterocycles. The van der Waals surface area contributed by atoms with E-state index in [0.29, 0.717) is 0 Å². The van der Waals surface area contributed by atoms with Gasteiger partial charge < -0.3 is 0 Å². The third-order valence-electron chi connectivity index (χ3n) is 2.18. The summed E-state index contributed by atoms with van der Waals surface area (Å²) in [4.78, 5) is 7.24. The number of benzene rings is 1. The van der Waals surface area contributed by atoms with Crippen LogP contribution in [0.3, 0.4) is 0 Å². The Labute approximate surface area is 125 Å². The Bertz CT molecular complexity index is 782. The van der Waals surface area contributed by atoms with Crippen molar-refractivity contribution in [2.75, 3.05) is 4.72 Å². The molecule has 0 saturated carbocycles. The summed E-state index contributed by atoms with van der Waals surface area (Å²) in [6.07, 6.45) is 0. The van der Waals surface area contributed by atoms with E-state index in [1.807, 2.05) is 6.07 Å². The maximum atomic E-state index is 12.1. The lowest BCUT2D eigenvalue weighted by molar-refractivity contribution is 0.601. The van der Waals surface area contributed by atoms with Crippen molar-refractivity contribution in [3.8, 4) is 6.07 Å². The molecule has 1 heterocycles. The van der Waals surface area contributed by atoms with Gasteiger partial charge in [-0.3, -0.25) is 4.72 Å². The van der Waals surface area contributed by atoms with E-state index in [4.69, 9.17) is 28.5 Å². The normalized spacial score (nSPS) is 10.8. The second kappa shape index (κ2) is 5.63. The monoisotopic (exact) mass is 328 g/mol. The molecule has 0 amide bonds. The van der Waals surface area contributed by atoms with Crippen molar-refractivity contribution in [3.05, 3.63) is 46.3 Å². The Balaban J connectivity index is 2.38. The number of anilines is 1. The molecule has 2 aromatic rings. The SMILES string of the molecule is N#Cc1cccc(S(=O)(=O)Nc2cc(Cl)nc(Cl)n2)c1. The predicted molar refractivity (Wildman–Crippen MR) is 74.0 cm³/mol. The van der Waals surface area contributed by atoms with Gasteiger partial charge in [0, 0.05) is 6.07 Å². The molecule has 102 valence electrons. The van der Waals surface area contributed by atoms with E-state index >= 15 is 0 Å². The lowest BCUT2D eigenvalue weighted by atomic mass is 10.2. The van der Waals surface area contributed by atoms with Gasteiger partial charge in [0.15, 0.2) is 0 Å². The van der Waals surface area contributed by atoms with Gasteiger partial charge in [-0.25, -0.2) is 13.4 Å². The van der Waals surface area contributed by atoms with Gasteiger partial charge in [0.2, 0.25) is 5.28 Å². The summed E-state index contributed by atoms with van der Waals surface area (Å²) in [5.74, 6) is -0.0580. The molecular formula is C11H6Cl2N4O2S. The van der Waals surface area contributed by atoms with E-state index in [2.05, 4.69) is 14.7 Å². The number of hydrogen-bond acceptors (Lipinski definition) is 5. The van der Waals surface area contributed by atoms with E-state index in [0.717, 1.165) is 0 Å². The average molecular weight is 329 g/mol. The number of hydrogen-bond donors (Lipinski definition) is 1. The van der Waals surface area contributed by atoms with Crippen LogP contribution in [0.15, 0.2) is 35.2 Å². The fourth-order valence-corrected chi connectivity index (χ4v) is 2.82. The van der Waals surface area contributed by atoms with Gasteiger partial charge in [-0.2, -0.15) is 10.2 Å². The van der Waals surface area contributed by atoms with E-state index in [1.54, 1.807) is 0 Å². The van der Waals surface area contributed by atoms with Crippen molar-refractivity contribution >= 4 is 39.0 Å². The quantitative estimate of drug-likeness (QED) is 0.689. The largest absolute Gasteiger partial charge is 0.263 e. The van der Waals surface area contributed by atoms with Crippen LogP contribution in [0.1, 0.15) is 5.56 Å². The Hall–Kier alpha value is -1.88. The molecule has 0 spiro atoms. The minimum Gasteiger partial charge on any atom is -0.263 e. The van der Waals surface area contributed by atoms with Gasteiger partial charge in [-0.15, -0.1) is 0 Å². The zero-order valence-corrected chi connectivity index (χ0v) is 12.0. The van der Waals surface area contributed by atoms with Gasteiger partial charge in [0.1, 0.15) is 11.0 Å². The number of rotatable bonds is 3. The second-order valence-electron chi connectivity index (χ2n) is 3.59. The average Bonchev–Trinajstić information content (AvgIpc) is 2.37. The summed E-state index contributed by atoms with van der Waals surface area (Å²) >= 11 is 11.2. The van der Waals surface area contributed by atoms with E-state index < -0.39 is 10.0 Å². The van der Waals surface area contributed by atoms with Crippen molar-refractivity contribution in [1.29, 1.82) is 5.26 Å². The smallest absolute Gasteiger partial charge is 0.263 e. The van der Waals surface area contributed by atoms with Crippen molar-refractivity contribution in [2.24, 2.45) is 0 Å². The van der Waals surface area contributed by atoms with Crippen LogP contribution >= 0.6 is 23.2 Å². The van der Waals surface area contributed by atoms with Crippen molar-refractivity contribution < 1.29 is 8.42 Å². The fraction of sp³-hybridized carbons (Fsp3) is 0. The number of sulfonamides is 1. The summed E-state index contributed by atoms with van der Waals surface area (Å²) in [5.41, 5.74) is 0.228. The van der Waals surface area contributed by atoms with Gasteiger partial charge in [0.05, 0.1) is 16.5 Å². The zero-order chi connectivity index (χ0) is 14.8. The number of halogens is 2. The molecule has 0 atom stereocenters. The Kier molecular flexibility index (Phi) is 4.09. The Morgan fingerprint density at radius 2 is 1.95 bits per heavy atom. The van der Waals surface area contributed by atoms with Crippen molar-refractivity contribution in [1.82, 2.24) is 9.97 Å². The first kappa shape index (κ1) is 14.5. The molecule has 6 nitrogen and oxygen atoms in total. The number of nitrogens with zero attached hydrogens (tertiary/aromatic N) is 3. The second-order valence-corrected chi connectivity index (χ2v) is 6.00. The highest BCUT2D eigenvalue weighted by atomic mass is 35.5. The highest BCUT2D eigenvalue weighted by molar-refractivity contribution is 7.92. The summed E-state index contributed by atoms with van der Waals surface area (Å²) < 4.78 is 26.5. The van der Waals surface area contributed by atoms with Crippen LogP contribution in [0, 0.1) is 11.3 Å². The molecule has 2 rings (SSSR count). The van der Waals surface area contributed by atoms with Gasteiger partial charge in [-0.1, -0.05) is 17.7 Å². The maximum absolute atomic E-state index is 12.1. The molecule has 1 N–H and O–H groups in total. The molecule has 0 bridgehead atoms. The fourth-order valence-electron chi connectivity index (χ4n) is 1.37. The van der Waals surface area contributed by atoms with Gasteiger partial charge in [-0.05, 0) is 29.8 Å². The molecule has 0 unspecified atom stereocenters. The summed E-state index contributed by atoms with van der Waals surface area (Å²) in [7, 11) is -3.89. The van der Waals surface area contributed by atoms with Crippen LogP contribution in [0.4, 0.5) is 5.82 Å². The zero-order valence-electron chi connectivity index (χ0n) is 9.71. The van der Waals surface area contributed by atoms with Crippen LogP contribution < -0.4 is 4.72 Å². The van der Waals surface area contributed by atoms with Crippen molar-refractivity contribution in [2.45, 2.75) is 4.90 Å². The van der Waals surface area contributed by atoms with Crippen molar-refractivity contribution in [3.63, 3.8) is 0 Å². The standard InChI is InChI=1S/C11H6Cl2N4O2S/c12-9-5-10(16-11(13)15-9)17-20(18,19)8-3-1-2-7(4-8)6-14/h1-5H,(H,15,16,17). The lowest BCUT2D eigenvalue weighted by Gasteiger charge is -2.07. The minimum absolute atomic E-state index is 0.00785. The number of nitriles is 1. The molecule has 0 radical (unpaired) electrons. The third-order valence-corrected chi connectivity index (χ3v) is 3.90. The summed E-state index contributed by atoms with van der Waals surface area (Å²) in [6.45, 7) is 0. The lowest BCUT2D eigenvalue weighted by Crippen LogP contribution is -2.14. The first-order valence-corrected chi connectivity index (χ1v) is 7.38. The molecule has 20 heavy (non-hydrogen) atoms. The molecular weight excluding hydrogens is 323 g/mol. The molecule has 0 fully saturated rings. The van der Waals surface area contributed by atoms with Gasteiger partial charge >= 0.3 is 0 Å². The first-order chi connectivity index (χ1) is 9.40. The van der Waals surface area contributed by atoms with Crippen LogP contribution in [0.5, 0.6) is 0 Å². The third kappa shape index (κ3) is 3.36. The summed E-state index contributed by atoms with van der Waals surface area (Å²) in [5, 5.41) is 8.60. The van der Waals surface area contributed by atoms with Crippen LogP contribution in [-0.2, 0) is 10.0 Å². The minimum atomic E-state index is -3.89. The predicted octanol–water partition coefficient (Wildman–Crippen LogP) is 2.46. The van der Waals surface area contributed by atoms with E-state index in [9.17, 15) is 8.42 Å². The van der Waals surface area contributed by atoms with E-state index in [-0.39, 0.29) is 26.7 Å². The highest BCUT2D eigenvalue weighted by Gasteiger charge is 2.16. The Morgan fingerprint density at radius 3 is 2.60 bits per heavy atom. The number of nitrogens with one attached hydrogen (secondary N) is 1. The summed E-state index contributed by atoms with van der Waals surface area (Å²) in [6, 6.07) is 8.64. The molecule has 9 heteroatoms. The molecule has 1 aromatic carbocycles. The van der Waals surface area contributed by atoms with Crippen LogP contribution in [-0.4, -0.2) is 18.4 Å². The first-order valence-electron chi connectivity index (χ1n) is 5.14. The highest BCUT2D eigenvalue weighted by Crippen LogP contribution is 2.19. The number of aromatic nitrogens is 2. The molecule has 0 aliphatic rings. The van der Waals surface area contributed by atoms with E-state index in [1.165, 1.54) is 30.3 Å². The van der Waals surface area contributed by atoms with Crippen LogP contribution in [0.25, 0.3) is 0 Å². The van der Waals surface area contributed by atoms with Crippen LogP contribution in [0.2, 0.25) is 10.4 Å². The molecule has 0 aliphatic carbocycles.